The molecule has 0 saturated carbocycles. The van der Waals surface area contributed by atoms with Gasteiger partial charge in [0.1, 0.15) is 12.4 Å². The fourth-order valence-corrected chi connectivity index (χ4v) is 1.33. The van der Waals surface area contributed by atoms with Crippen LogP contribution in [0.5, 0.6) is 0 Å². The van der Waals surface area contributed by atoms with Gasteiger partial charge in [-0.05, 0) is 19.8 Å². The summed E-state index contributed by atoms with van der Waals surface area (Å²) in [6, 6.07) is 0. The fraction of sp³-hybridized carbons (Fsp3) is 0.750. The van der Waals surface area contributed by atoms with Gasteiger partial charge < -0.3 is 14.8 Å². The van der Waals surface area contributed by atoms with E-state index in [1.807, 2.05) is 0 Å². The lowest BCUT2D eigenvalue weighted by atomic mass is 10.1. The number of hydrogen-bond donors (Lipinski definition) is 1. The minimum absolute atomic E-state index is 0.0110. The predicted molar refractivity (Wildman–Crippen MR) is 63.7 cm³/mol. The summed E-state index contributed by atoms with van der Waals surface area (Å²) in [7, 11) is 1.47. The van der Waals surface area contributed by atoms with Gasteiger partial charge in [0.2, 0.25) is 5.91 Å². The molecule has 0 fully saturated rings. The molecule has 0 aliphatic carbocycles. The molecule has 0 bridgehead atoms. The summed E-state index contributed by atoms with van der Waals surface area (Å²) in [5.74, 6) is 0.0695. The number of carbonyl (C=O) groups is 3. The normalized spacial score (nSPS) is 10.0. The number of ketones is 2. The van der Waals surface area contributed by atoms with Crippen molar-refractivity contribution in [2.75, 3.05) is 20.3 Å². The molecule has 5 nitrogen and oxygen atoms in total. The summed E-state index contributed by atoms with van der Waals surface area (Å²) in [5.41, 5.74) is 0. The molecular weight excluding hydrogens is 222 g/mol. The van der Waals surface area contributed by atoms with Crippen LogP contribution in [0.4, 0.5) is 0 Å². The van der Waals surface area contributed by atoms with Crippen molar-refractivity contribution in [2.24, 2.45) is 0 Å². The Morgan fingerprint density at radius 3 is 2.35 bits per heavy atom. The first-order valence-corrected chi connectivity index (χ1v) is 5.83. The number of hydrogen-bond acceptors (Lipinski definition) is 4. The van der Waals surface area contributed by atoms with Crippen LogP contribution in [0.25, 0.3) is 0 Å². The first-order valence-electron chi connectivity index (χ1n) is 5.83. The Morgan fingerprint density at radius 1 is 1.06 bits per heavy atom. The number of rotatable bonds is 10. The number of methoxy groups -OCH3 is 1. The molecule has 0 aliphatic rings. The van der Waals surface area contributed by atoms with E-state index in [0.29, 0.717) is 38.6 Å². The third kappa shape index (κ3) is 11.0. The van der Waals surface area contributed by atoms with Gasteiger partial charge in [0.05, 0.1) is 0 Å². The smallest absolute Gasteiger partial charge is 0.220 e. The van der Waals surface area contributed by atoms with Crippen LogP contribution >= 0.6 is 0 Å². The molecule has 0 atom stereocenters. The Kier molecular flexibility index (Phi) is 9.24. The maximum absolute atomic E-state index is 11.3. The van der Waals surface area contributed by atoms with Crippen LogP contribution in [0.2, 0.25) is 0 Å². The largest absolute Gasteiger partial charge is 0.377 e. The van der Waals surface area contributed by atoms with Gasteiger partial charge in [-0.1, -0.05) is 0 Å². The Labute approximate surface area is 102 Å². The van der Waals surface area contributed by atoms with Gasteiger partial charge in [-0.2, -0.15) is 0 Å². The molecule has 5 heteroatoms. The van der Waals surface area contributed by atoms with Crippen LogP contribution in [0.3, 0.4) is 0 Å². The minimum atomic E-state index is -0.0706. The lowest BCUT2D eigenvalue weighted by molar-refractivity contribution is -0.123. The summed E-state index contributed by atoms with van der Waals surface area (Å²) in [6.07, 6.45) is 2.42. The Morgan fingerprint density at radius 2 is 1.76 bits per heavy atom. The highest BCUT2D eigenvalue weighted by atomic mass is 16.5. The van der Waals surface area contributed by atoms with Gasteiger partial charge in [0.25, 0.3) is 0 Å². The molecule has 98 valence electrons. The van der Waals surface area contributed by atoms with E-state index in [1.54, 1.807) is 0 Å². The number of amides is 1. The van der Waals surface area contributed by atoms with E-state index in [2.05, 4.69) is 10.1 Å². The van der Waals surface area contributed by atoms with Crippen molar-refractivity contribution < 1.29 is 19.1 Å². The standard InChI is InChI=1S/C12H21NO4/c1-10(14)5-4-8-13-12(16)7-3-6-11(15)9-17-2/h3-9H2,1-2H3,(H,13,16). The summed E-state index contributed by atoms with van der Waals surface area (Å²) >= 11 is 0. The zero-order valence-corrected chi connectivity index (χ0v) is 10.6. The van der Waals surface area contributed by atoms with Crippen molar-refractivity contribution in [2.45, 2.75) is 39.0 Å². The molecule has 1 amide bonds. The molecule has 0 aromatic rings. The maximum atomic E-state index is 11.3. The van der Waals surface area contributed by atoms with Crippen molar-refractivity contribution in [3.8, 4) is 0 Å². The Hall–Kier alpha value is -1.23. The summed E-state index contributed by atoms with van der Waals surface area (Å²) in [4.78, 5) is 33.0. The number of Topliss-reactive ketones (excluding diaryl/α,β-unsaturated/α-hetero) is 2. The summed E-state index contributed by atoms with van der Waals surface area (Å²) in [5, 5.41) is 2.71. The highest BCUT2D eigenvalue weighted by molar-refractivity contribution is 5.81. The summed E-state index contributed by atoms with van der Waals surface area (Å²) < 4.78 is 4.68. The Bertz CT molecular complexity index is 263. The fourth-order valence-electron chi connectivity index (χ4n) is 1.33. The van der Waals surface area contributed by atoms with E-state index in [-0.39, 0.29) is 24.1 Å². The van der Waals surface area contributed by atoms with Crippen LogP contribution < -0.4 is 5.32 Å². The van der Waals surface area contributed by atoms with Crippen molar-refractivity contribution in [1.29, 1.82) is 0 Å². The first kappa shape index (κ1) is 15.8. The SMILES string of the molecule is COCC(=O)CCCC(=O)NCCCC(C)=O. The van der Waals surface area contributed by atoms with Crippen LogP contribution in [-0.4, -0.2) is 37.7 Å². The molecule has 17 heavy (non-hydrogen) atoms. The van der Waals surface area contributed by atoms with E-state index in [9.17, 15) is 14.4 Å². The highest BCUT2D eigenvalue weighted by Crippen LogP contribution is 1.97. The monoisotopic (exact) mass is 243 g/mol. The van der Waals surface area contributed by atoms with Gasteiger partial charge in [-0.3, -0.25) is 9.59 Å². The molecule has 0 heterocycles. The number of ether oxygens (including phenoxy) is 1. The van der Waals surface area contributed by atoms with E-state index in [4.69, 9.17) is 0 Å². The third-order valence-electron chi connectivity index (χ3n) is 2.19. The number of carbonyl (C=O) groups excluding carboxylic acids is 3. The highest BCUT2D eigenvalue weighted by Gasteiger charge is 2.04. The van der Waals surface area contributed by atoms with Gasteiger partial charge >= 0.3 is 0 Å². The second-order valence-electron chi connectivity index (χ2n) is 3.98. The lowest BCUT2D eigenvalue weighted by Gasteiger charge is -2.04. The lowest BCUT2D eigenvalue weighted by Crippen LogP contribution is -2.24. The first-order chi connectivity index (χ1) is 8.06. The number of nitrogens with one attached hydrogen (secondary N) is 1. The molecule has 0 aliphatic heterocycles. The molecule has 0 aromatic heterocycles. The van der Waals surface area contributed by atoms with Crippen molar-refractivity contribution >= 4 is 17.5 Å². The third-order valence-corrected chi connectivity index (χ3v) is 2.19. The van der Waals surface area contributed by atoms with Crippen LogP contribution in [0.1, 0.15) is 39.0 Å². The van der Waals surface area contributed by atoms with E-state index in [1.165, 1.54) is 14.0 Å². The second-order valence-corrected chi connectivity index (χ2v) is 3.98. The van der Waals surface area contributed by atoms with Gasteiger partial charge in [0, 0.05) is 32.9 Å². The molecule has 1 N–H and O–H groups in total. The maximum Gasteiger partial charge on any atom is 0.220 e. The van der Waals surface area contributed by atoms with E-state index >= 15 is 0 Å². The molecule has 0 aromatic carbocycles. The van der Waals surface area contributed by atoms with Gasteiger partial charge in [-0.15, -0.1) is 0 Å². The Balaban J connectivity index is 3.40. The quantitative estimate of drug-likeness (QED) is 0.577. The molecule has 0 radical (unpaired) electrons. The molecule has 0 unspecified atom stereocenters. The zero-order chi connectivity index (χ0) is 13.1. The van der Waals surface area contributed by atoms with E-state index in [0.717, 1.165) is 0 Å². The molecule has 0 saturated heterocycles. The van der Waals surface area contributed by atoms with Crippen molar-refractivity contribution in [3.05, 3.63) is 0 Å². The topological polar surface area (TPSA) is 72.5 Å². The average molecular weight is 243 g/mol. The molecule has 0 rings (SSSR count). The van der Waals surface area contributed by atoms with Crippen LogP contribution in [0, 0.1) is 0 Å². The van der Waals surface area contributed by atoms with Gasteiger partial charge in [0.15, 0.2) is 5.78 Å². The van der Waals surface area contributed by atoms with Gasteiger partial charge in [-0.25, -0.2) is 0 Å². The van der Waals surface area contributed by atoms with Crippen molar-refractivity contribution in [1.82, 2.24) is 5.32 Å². The molecular formula is C12H21NO4. The summed E-state index contributed by atoms with van der Waals surface area (Å²) in [6.45, 7) is 2.16. The molecule has 0 spiro atoms. The second kappa shape index (κ2) is 9.96. The predicted octanol–water partition coefficient (Wildman–Crippen LogP) is 0.858. The average Bonchev–Trinajstić information content (AvgIpc) is 2.24. The van der Waals surface area contributed by atoms with Crippen LogP contribution in [0.15, 0.2) is 0 Å². The van der Waals surface area contributed by atoms with Crippen LogP contribution in [-0.2, 0) is 19.1 Å². The van der Waals surface area contributed by atoms with Crippen molar-refractivity contribution in [3.63, 3.8) is 0 Å². The van der Waals surface area contributed by atoms with E-state index < -0.39 is 0 Å². The minimum Gasteiger partial charge on any atom is -0.377 e. The zero-order valence-electron chi connectivity index (χ0n) is 10.6.